The van der Waals surface area contributed by atoms with Crippen molar-refractivity contribution in [1.29, 1.82) is 0 Å². The highest BCUT2D eigenvalue weighted by atomic mass is 16.4. The molecule has 1 unspecified atom stereocenters. The Morgan fingerprint density at radius 2 is 2.05 bits per heavy atom. The summed E-state index contributed by atoms with van der Waals surface area (Å²) in [4.78, 5) is 26.6. The SMILES string of the molecule is CC(NC(=O)NCC1(C(=O)O)CC1)c1ccncc1. The summed E-state index contributed by atoms with van der Waals surface area (Å²) < 4.78 is 0. The van der Waals surface area contributed by atoms with Crippen LogP contribution in [0.15, 0.2) is 24.5 Å². The van der Waals surface area contributed by atoms with Crippen molar-refractivity contribution in [2.45, 2.75) is 25.8 Å². The van der Waals surface area contributed by atoms with E-state index < -0.39 is 11.4 Å². The largest absolute Gasteiger partial charge is 0.481 e. The molecule has 3 N–H and O–H groups in total. The van der Waals surface area contributed by atoms with Crippen LogP contribution in [-0.2, 0) is 4.79 Å². The number of carbonyl (C=O) groups excluding carboxylic acids is 1. The maximum Gasteiger partial charge on any atom is 0.315 e. The summed E-state index contributed by atoms with van der Waals surface area (Å²) in [5.41, 5.74) is 0.210. The van der Waals surface area contributed by atoms with Gasteiger partial charge in [-0.05, 0) is 37.5 Å². The molecule has 1 saturated carbocycles. The van der Waals surface area contributed by atoms with Gasteiger partial charge in [0.25, 0.3) is 0 Å². The zero-order chi connectivity index (χ0) is 13.9. The first-order chi connectivity index (χ1) is 9.03. The van der Waals surface area contributed by atoms with Gasteiger partial charge >= 0.3 is 12.0 Å². The second-order valence-electron chi connectivity index (χ2n) is 4.91. The number of carboxylic acids is 1. The lowest BCUT2D eigenvalue weighted by molar-refractivity contribution is -0.143. The third-order valence-corrected chi connectivity index (χ3v) is 3.45. The fourth-order valence-corrected chi connectivity index (χ4v) is 1.85. The van der Waals surface area contributed by atoms with Gasteiger partial charge in [0.05, 0.1) is 11.5 Å². The van der Waals surface area contributed by atoms with E-state index in [1.54, 1.807) is 12.4 Å². The summed E-state index contributed by atoms with van der Waals surface area (Å²) in [6, 6.07) is 3.15. The zero-order valence-electron chi connectivity index (χ0n) is 10.7. The van der Waals surface area contributed by atoms with E-state index in [9.17, 15) is 9.59 Å². The Balaban J connectivity index is 1.80. The molecule has 1 aliphatic rings. The lowest BCUT2D eigenvalue weighted by atomic mass is 10.1. The smallest absolute Gasteiger partial charge is 0.315 e. The highest BCUT2D eigenvalue weighted by Gasteiger charge is 2.50. The van der Waals surface area contributed by atoms with E-state index in [4.69, 9.17) is 5.11 Å². The number of carbonyl (C=O) groups is 2. The molecule has 0 aromatic carbocycles. The molecular formula is C13H17N3O3. The van der Waals surface area contributed by atoms with Crippen molar-refractivity contribution in [3.63, 3.8) is 0 Å². The van der Waals surface area contributed by atoms with E-state index in [-0.39, 0.29) is 18.6 Å². The zero-order valence-corrected chi connectivity index (χ0v) is 10.7. The number of urea groups is 1. The molecule has 1 atom stereocenters. The minimum absolute atomic E-state index is 0.150. The van der Waals surface area contributed by atoms with Crippen LogP contribution in [0.3, 0.4) is 0 Å². The summed E-state index contributed by atoms with van der Waals surface area (Å²) in [5, 5.41) is 14.4. The number of pyridine rings is 1. The Labute approximate surface area is 111 Å². The van der Waals surface area contributed by atoms with Crippen molar-refractivity contribution in [3.8, 4) is 0 Å². The maximum atomic E-state index is 11.7. The molecule has 0 bridgehead atoms. The van der Waals surface area contributed by atoms with Crippen LogP contribution in [-0.4, -0.2) is 28.6 Å². The fourth-order valence-electron chi connectivity index (χ4n) is 1.85. The van der Waals surface area contributed by atoms with Crippen molar-refractivity contribution in [3.05, 3.63) is 30.1 Å². The van der Waals surface area contributed by atoms with Crippen LogP contribution in [0.2, 0.25) is 0 Å². The highest BCUT2D eigenvalue weighted by molar-refractivity contribution is 5.80. The second kappa shape index (κ2) is 5.26. The van der Waals surface area contributed by atoms with Crippen LogP contribution >= 0.6 is 0 Å². The molecule has 1 fully saturated rings. The first-order valence-electron chi connectivity index (χ1n) is 6.21. The molecular weight excluding hydrogens is 246 g/mol. The van der Waals surface area contributed by atoms with Crippen LogP contribution < -0.4 is 10.6 Å². The predicted octanol–water partition coefficient (Wildman–Crippen LogP) is 1.31. The van der Waals surface area contributed by atoms with E-state index in [1.165, 1.54) is 0 Å². The fraction of sp³-hybridized carbons (Fsp3) is 0.462. The van der Waals surface area contributed by atoms with Crippen molar-refractivity contribution >= 4 is 12.0 Å². The molecule has 0 saturated heterocycles. The lowest BCUT2D eigenvalue weighted by Crippen LogP contribution is -2.41. The number of nitrogens with zero attached hydrogens (tertiary/aromatic N) is 1. The van der Waals surface area contributed by atoms with E-state index in [0.29, 0.717) is 12.8 Å². The van der Waals surface area contributed by atoms with Gasteiger partial charge in [-0.1, -0.05) is 0 Å². The van der Waals surface area contributed by atoms with E-state index in [2.05, 4.69) is 15.6 Å². The standard InChI is InChI=1S/C13H17N3O3/c1-9(10-2-6-14-7-3-10)16-12(19)15-8-13(4-5-13)11(17)18/h2-3,6-7,9H,4-5,8H2,1H3,(H,17,18)(H2,15,16,19). The van der Waals surface area contributed by atoms with E-state index in [1.807, 2.05) is 19.1 Å². The van der Waals surface area contributed by atoms with Crippen molar-refractivity contribution < 1.29 is 14.7 Å². The first kappa shape index (κ1) is 13.3. The van der Waals surface area contributed by atoms with Gasteiger partial charge in [-0.15, -0.1) is 0 Å². The maximum absolute atomic E-state index is 11.7. The number of hydrogen-bond donors (Lipinski definition) is 3. The topological polar surface area (TPSA) is 91.3 Å². The Morgan fingerprint density at radius 1 is 1.42 bits per heavy atom. The number of nitrogens with one attached hydrogen (secondary N) is 2. The number of aromatic nitrogens is 1. The van der Waals surface area contributed by atoms with E-state index >= 15 is 0 Å². The van der Waals surface area contributed by atoms with Gasteiger partial charge in [-0.3, -0.25) is 9.78 Å². The molecule has 1 heterocycles. The molecule has 19 heavy (non-hydrogen) atoms. The molecule has 102 valence electrons. The molecule has 0 spiro atoms. The Kier molecular flexibility index (Phi) is 3.69. The molecule has 6 heteroatoms. The molecule has 1 aliphatic carbocycles. The van der Waals surface area contributed by atoms with Crippen LogP contribution in [0, 0.1) is 5.41 Å². The normalized spacial score (nSPS) is 17.3. The third-order valence-electron chi connectivity index (χ3n) is 3.45. The van der Waals surface area contributed by atoms with Crippen LogP contribution in [0.4, 0.5) is 4.79 Å². The molecule has 0 aliphatic heterocycles. The third kappa shape index (κ3) is 3.21. The number of rotatable bonds is 5. The van der Waals surface area contributed by atoms with Gasteiger partial charge in [0.15, 0.2) is 0 Å². The van der Waals surface area contributed by atoms with Gasteiger partial charge < -0.3 is 15.7 Å². The Hall–Kier alpha value is -2.11. The van der Waals surface area contributed by atoms with Crippen molar-refractivity contribution in [2.24, 2.45) is 5.41 Å². The average Bonchev–Trinajstić information content (AvgIpc) is 3.18. The van der Waals surface area contributed by atoms with Crippen LogP contribution in [0.1, 0.15) is 31.4 Å². The number of hydrogen-bond acceptors (Lipinski definition) is 3. The molecule has 2 rings (SSSR count). The van der Waals surface area contributed by atoms with E-state index in [0.717, 1.165) is 5.56 Å². The van der Waals surface area contributed by atoms with Gasteiger partial charge in [0.2, 0.25) is 0 Å². The van der Waals surface area contributed by atoms with Crippen molar-refractivity contribution in [2.75, 3.05) is 6.54 Å². The van der Waals surface area contributed by atoms with Crippen LogP contribution in [0.25, 0.3) is 0 Å². The van der Waals surface area contributed by atoms with Gasteiger partial charge in [0.1, 0.15) is 0 Å². The Morgan fingerprint density at radius 3 is 2.58 bits per heavy atom. The number of carboxylic acid groups (broad SMARTS) is 1. The second-order valence-corrected chi connectivity index (χ2v) is 4.91. The van der Waals surface area contributed by atoms with Crippen molar-refractivity contribution in [1.82, 2.24) is 15.6 Å². The summed E-state index contributed by atoms with van der Waals surface area (Å²) in [5.74, 6) is -0.838. The molecule has 1 aromatic rings. The molecule has 2 amide bonds. The minimum atomic E-state index is -0.838. The summed E-state index contributed by atoms with van der Waals surface area (Å²) in [6.07, 6.45) is 4.58. The van der Waals surface area contributed by atoms with Gasteiger partial charge in [-0.25, -0.2) is 4.79 Å². The monoisotopic (exact) mass is 263 g/mol. The Bertz CT molecular complexity index is 471. The van der Waals surface area contributed by atoms with Gasteiger partial charge in [-0.2, -0.15) is 0 Å². The summed E-state index contributed by atoms with van der Waals surface area (Å²) in [7, 11) is 0. The number of amides is 2. The average molecular weight is 263 g/mol. The van der Waals surface area contributed by atoms with Crippen LogP contribution in [0.5, 0.6) is 0 Å². The predicted molar refractivity (Wildman–Crippen MR) is 68.5 cm³/mol. The minimum Gasteiger partial charge on any atom is -0.481 e. The highest BCUT2D eigenvalue weighted by Crippen LogP contribution is 2.45. The molecule has 6 nitrogen and oxygen atoms in total. The molecule has 1 aromatic heterocycles. The quantitative estimate of drug-likeness (QED) is 0.747. The summed E-state index contributed by atoms with van der Waals surface area (Å²) >= 11 is 0. The molecule has 0 radical (unpaired) electrons. The van der Waals surface area contributed by atoms with Gasteiger partial charge in [0, 0.05) is 18.9 Å². The number of aliphatic carboxylic acids is 1. The summed E-state index contributed by atoms with van der Waals surface area (Å²) in [6.45, 7) is 2.04. The first-order valence-corrected chi connectivity index (χ1v) is 6.21. The lowest BCUT2D eigenvalue weighted by Gasteiger charge is -2.16.